The van der Waals surface area contributed by atoms with Crippen molar-refractivity contribution in [3.63, 3.8) is 0 Å². The minimum absolute atomic E-state index is 0.339. The van der Waals surface area contributed by atoms with Crippen LogP contribution in [0.1, 0.15) is 68.6 Å². The van der Waals surface area contributed by atoms with Crippen LogP contribution in [0.15, 0.2) is 30.5 Å². The van der Waals surface area contributed by atoms with Crippen molar-refractivity contribution >= 4 is 22.3 Å². The Balaban J connectivity index is 1.49. The van der Waals surface area contributed by atoms with Gasteiger partial charge in [-0.2, -0.15) is 4.52 Å². The normalized spacial score (nSPS) is 15.8. The van der Waals surface area contributed by atoms with E-state index in [1.807, 2.05) is 19.2 Å². The molecule has 3 aromatic heterocycles. The zero-order valence-corrected chi connectivity index (χ0v) is 19.9. The molecule has 0 spiro atoms. The number of fused-ring (bicyclic) bond motifs is 2. The van der Waals surface area contributed by atoms with E-state index in [2.05, 4.69) is 64.4 Å². The number of piperidine rings is 1. The molecule has 0 saturated carbocycles. The third-order valence-electron chi connectivity index (χ3n) is 7.10. The van der Waals surface area contributed by atoms with Gasteiger partial charge < -0.3 is 4.98 Å². The van der Waals surface area contributed by atoms with Crippen LogP contribution in [0.5, 0.6) is 0 Å². The third-order valence-corrected chi connectivity index (χ3v) is 7.10. The fourth-order valence-electron chi connectivity index (χ4n) is 5.23. The van der Waals surface area contributed by atoms with Gasteiger partial charge in [-0.15, -0.1) is 5.10 Å². The van der Waals surface area contributed by atoms with Gasteiger partial charge in [0, 0.05) is 29.1 Å². The van der Waals surface area contributed by atoms with Crippen LogP contribution in [0.4, 0.5) is 0 Å². The van der Waals surface area contributed by atoms with Gasteiger partial charge >= 0.3 is 0 Å². The molecule has 0 unspecified atom stereocenters. The smallest absolute Gasteiger partial charge is 0.179 e. The molecule has 1 saturated heterocycles. The Kier molecular flexibility index (Phi) is 5.74. The van der Waals surface area contributed by atoms with Gasteiger partial charge in [0.1, 0.15) is 5.78 Å². The number of ketones is 1. The average Bonchev–Trinajstić information content (AvgIpc) is 3.42. The molecule has 4 heterocycles. The van der Waals surface area contributed by atoms with Crippen LogP contribution in [-0.2, 0) is 4.79 Å². The number of hydrogen-bond acceptors (Lipinski definition) is 5. The van der Waals surface area contributed by atoms with Crippen molar-refractivity contribution in [3.05, 3.63) is 47.2 Å². The number of aromatic amines is 1. The van der Waals surface area contributed by atoms with Gasteiger partial charge in [0.05, 0.1) is 12.2 Å². The van der Waals surface area contributed by atoms with Gasteiger partial charge in [0.15, 0.2) is 5.65 Å². The summed E-state index contributed by atoms with van der Waals surface area (Å²) in [6.45, 7) is 11.2. The predicted molar refractivity (Wildman–Crippen MR) is 131 cm³/mol. The Morgan fingerprint density at radius 2 is 2.00 bits per heavy atom. The summed E-state index contributed by atoms with van der Waals surface area (Å²) in [4.78, 5) is 17.8. The van der Waals surface area contributed by atoms with E-state index in [1.165, 1.54) is 22.0 Å². The van der Waals surface area contributed by atoms with Crippen LogP contribution in [0.25, 0.3) is 27.8 Å². The Labute approximate surface area is 194 Å². The molecule has 5 rings (SSSR count). The Morgan fingerprint density at radius 3 is 2.73 bits per heavy atom. The van der Waals surface area contributed by atoms with E-state index in [1.54, 1.807) is 4.52 Å². The van der Waals surface area contributed by atoms with Crippen molar-refractivity contribution in [1.82, 2.24) is 29.9 Å². The SMILES string of the molecule is CCC(=O)CN1CCC(c2ccc3[nH]c(-c4cn5nnnc5cc4C)c(C(C)C)c3c2)CC1. The quantitative estimate of drug-likeness (QED) is 0.459. The van der Waals surface area contributed by atoms with E-state index in [4.69, 9.17) is 0 Å². The molecule has 0 atom stereocenters. The topological polar surface area (TPSA) is 79.2 Å². The Morgan fingerprint density at radius 1 is 1.21 bits per heavy atom. The summed E-state index contributed by atoms with van der Waals surface area (Å²) in [7, 11) is 0. The van der Waals surface area contributed by atoms with Crippen LogP contribution in [0, 0.1) is 6.92 Å². The first-order valence-corrected chi connectivity index (χ1v) is 12.0. The van der Waals surface area contributed by atoms with Crippen molar-refractivity contribution < 1.29 is 4.79 Å². The summed E-state index contributed by atoms with van der Waals surface area (Å²) >= 11 is 0. The van der Waals surface area contributed by atoms with Crippen molar-refractivity contribution in [1.29, 1.82) is 0 Å². The number of nitrogens with zero attached hydrogens (tertiary/aromatic N) is 5. The molecule has 1 N–H and O–H groups in total. The summed E-state index contributed by atoms with van der Waals surface area (Å²) in [6, 6.07) is 8.94. The number of nitrogens with one attached hydrogen (secondary N) is 1. The van der Waals surface area contributed by atoms with Gasteiger partial charge in [-0.1, -0.05) is 26.8 Å². The third kappa shape index (κ3) is 4.06. The molecule has 0 radical (unpaired) electrons. The first-order valence-electron chi connectivity index (χ1n) is 12.0. The minimum atomic E-state index is 0.339. The molecule has 1 fully saturated rings. The molecule has 1 aliphatic heterocycles. The van der Waals surface area contributed by atoms with Gasteiger partial charge in [-0.25, -0.2) is 0 Å². The summed E-state index contributed by atoms with van der Waals surface area (Å²) in [5.41, 5.74) is 8.11. The van der Waals surface area contributed by atoms with Gasteiger partial charge in [-0.3, -0.25) is 9.69 Å². The molecule has 1 aliphatic rings. The van der Waals surface area contributed by atoms with E-state index in [0.29, 0.717) is 30.6 Å². The standard InChI is InChI=1S/C26H32N6O/c1-5-20(33)14-31-10-8-18(9-11-31)19-6-7-23-21(13-19)25(16(2)3)26(27-23)22-15-32-24(12-17(22)4)28-29-30-32/h6-7,12-13,15-16,18,27H,5,8-11,14H2,1-4H3. The van der Waals surface area contributed by atoms with E-state index in [-0.39, 0.29) is 0 Å². The second kappa shape index (κ2) is 8.71. The van der Waals surface area contributed by atoms with Crippen LogP contribution in [0.3, 0.4) is 0 Å². The van der Waals surface area contributed by atoms with Gasteiger partial charge in [0.2, 0.25) is 0 Å². The maximum Gasteiger partial charge on any atom is 0.179 e. The second-order valence-corrected chi connectivity index (χ2v) is 9.67. The molecule has 0 bridgehead atoms. The lowest BCUT2D eigenvalue weighted by Crippen LogP contribution is -2.36. The Hall–Kier alpha value is -3.06. The van der Waals surface area contributed by atoms with Gasteiger partial charge in [-0.05, 0) is 90.0 Å². The van der Waals surface area contributed by atoms with Crippen LogP contribution in [0.2, 0.25) is 0 Å². The Bertz CT molecular complexity index is 1310. The highest BCUT2D eigenvalue weighted by Crippen LogP contribution is 2.39. The van der Waals surface area contributed by atoms with E-state index >= 15 is 0 Å². The lowest BCUT2D eigenvalue weighted by molar-refractivity contribution is -0.120. The first kappa shape index (κ1) is 21.8. The number of carbonyl (C=O) groups excluding carboxylic acids is 1. The zero-order valence-electron chi connectivity index (χ0n) is 19.9. The van der Waals surface area contributed by atoms with Crippen molar-refractivity contribution in [3.8, 4) is 11.3 Å². The van der Waals surface area contributed by atoms with Crippen molar-refractivity contribution in [2.75, 3.05) is 19.6 Å². The molecule has 7 nitrogen and oxygen atoms in total. The van der Waals surface area contributed by atoms with Crippen molar-refractivity contribution in [2.45, 2.75) is 58.8 Å². The fourth-order valence-corrected chi connectivity index (χ4v) is 5.23. The number of tetrazole rings is 1. The number of rotatable bonds is 6. The molecular weight excluding hydrogens is 412 g/mol. The number of aromatic nitrogens is 5. The highest BCUT2D eigenvalue weighted by molar-refractivity contribution is 5.92. The second-order valence-electron chi connectivity index (χ2n) is 9.67. The number of Topliss-reactive ketones (excluding diaryl/α,β-unsaturated/α-hetero) is 1. The summed E-state index contributed by atoms with van der Waals surface area (Å²) in [6.07, 6.45) is 4.86. The highest BCUT2D eigenvalue weighted by atomic mass is 16.1. The number of carbonyl (C=O) groups is 1. The average molecular weight is 445 g/mol. The molecular formula is C26H32N6O. The first-order chi connectivity index (χ1) is 15.9. The molecule has 4 aromatic rings. The summed E-state index contributed by atoms with van der Waals surface area (Å²) < 4.78 is 1.74. The molecule has 0 aliphatic carbocycles. The largest absolute Gasteiger partial charge is 0.354 e. The summed E-state index contributed by atoms with van der Waals surface area (Å²) in [5.74, 6) is 1.25. The number of H-pyrrole nitrogens is 1. The van der Waals surface area contributed by atoms with Crippen LogP contribution < -0.4 is 0 Å². The molecule has 0 amide bonds. The number of hydrogen-bond donors (Lipinski definition) is 1. The lowest BCUT2D eigenvalue weighted by atomic mass is 9.87. The maximum atomic E-state index is 11.8. The van der Waals surface area contributed by atoms with Crippen LogP contribution >= 0.6 is 0 Å². The van der Waals surface area contributed by atoms with E-state index in [9.17, 15) is 4.79 Å². The number of pyridine rings is 1. The predicted octanol–water partition coefficient (Wildman–Crippen LogP) is 4.86. The number of benzene rings is 1. The number of likely N-dealkylation sites (tertiary alicyclic amines) is 1. The lowest BCUT2D eigenvalue weighted by Gasteiger charge is -2.31. The summed E-state index contributed by atoms with van der Waals surface area (Å²) in [5, 5.41) is 13.3. The van der Waals surface area contributed by atoms with Gasteiger partial charge in [0.25, 0.3) is 0 Å². The van der Waals surface area contributed by atoms with E-state index < -0.39 is 0 Å². The molecule has 7 heteroatoms. The molecule has 1 aromatic carbocycles. The van der Waals surface area contributed by atoms with Crippen molar-refractivity contribution in [2.24, 2.45) is 0 Å². The van der Waals surface area contributed by atoms with Crippen LogP contribution in [-0.4, -0.2) is 55.3 Å². The van der Waals surface area contributed by atoms with E-state index in [0.717, 1.165) is 48.4 Å². The fraction of sp³-hybridized carbons (Fsp3) is 0.462. The minimum Gasteiger partial charge on any atom is -0.354 e. The zero-order chi connectivity index (χ0) is 23.1. The molecule has 172 valence electrons. The monoisotopic (exact) mass is 444 g/mol. The highest BCUT2D eigenvalue weighted by Gasteiger charge is 2.24. The maximum absolute atomic E-state index is 11.8. The number of aryl methyl sites for hydroxylation is 1. The molecule has 33 heavy (non-hydrogen) atoms.